The predicted molar refractivity (Wildman–Crippen MR) is 137 cm³/mol. The Labute approximate surface area is 208 Å². The van der Waals surface area contributed by atoms with Gasteiger partial charge < -0.3 is 4.74 Å². The van der Waals surface area contributed by atoms with E-state index in [4.69, 9.17) is 4.74 Å². The van der Waals surface area contributed by atoms with E-state index in [1.165, 1.54) is 69.4 Å². The summed E-state index contributed by atoms with van der Waals surface area (Å²) in [5.41, 5.74) is 2.20. The summed E-state index contributed by atoms with van der Waals surface area (Å²) in [6, 6.07) is 11.0. The molecule has 2 aliphatic rings. The van der Waals surface area contributed by atoms with Crippen molar-refractivity contribution in [1.29, 1.82) is 0 Å². The third-order valence-electron chi connectivity index (χ3n) is 8.32. The number of ether oxygens (including phenoxy) is 1. The number of allylic oxidation sites excluding steroid dienone is 2. The van der Waals surface area contributed by atoms with E-state index in [1.54, 1.807) is 19.1 Å². The van der Waals surface area contributed by atoms with E-state index in [2.05, 4.69) is 6.08 Å². The Morgan fingerprint density at radius 1 is 0.829 bits per heavy atom. The molecule has 0 unspecified atom stereocenters. The molecule has 2 aromatic carbocycles. The van der Waals surface area contributed by atoms with Crippen LogP contribution in [-0.4, -0.2) is 13.3 Å². The van der Waals surface area contributed by atoms with Crippen LogP contribution in [0.25, 0.3) is 11.1 Å². The Kier molecular flexibility index (Phi) is 9.34. The number of benzene rings is 2. The second-order valence-corrected chi connectivity index (χ2v) is 10.4. The van der Waals surface area contributed by atoms with Crippen molar-refractivity contribution < 1.29 is 17.9 Å². The highest BCUT2D eigenvalue weighted by Crippen LogP contribution is 2.42. The molecule has 0 saturated heterocycles. The largest absolute Gasteiger partial charge is 0.491 e. The zero-order valence-corrected chi connectivity index (χ0v) is 21.0. The van der Waals surface area contributed by atoms with Crippen LogP contribution in [0.5, 0.6) is 5.75 Å². The number of aryl methyl sites for hydroxylation is 1. The molecule has 2 saturated carbocycles. The van der Waals surface area contributed by atoms with Crippen molar-refractivity contribution in [3.63, 3.8) is 0 Å². The first-order valence-electron chi connectivity index (χ1n) is 13.5. The summed E-state index contributed by atoms with van der Waals surface area (Å²) >= 11 is 0. The van der Waals surface area contributed by atoms with E-state index >= 15 is 0 Å². The van der Waals surface area contributed by atoms with Gasteiger partial charge in [0.1, 0.15) is 6.67 Å². The van der Waals surface area contributed by atoms with Gasteiger partial charge in [-0.2, -0.15) is 4.39 Å². The molecule has 2 fully saturated rings. The van der Waals surface area contributed by atoms with E-state index in [9.17, 15) is 13.2 Å². The number of hydrogen-bond acceptors (Lipinski definition) is 1. The second-order valence-electron chi connectivity index (χ2n) is 10.4. The number of hydrogen-bond donors (Lipinski definition) is 0. The Morgan fingerprint density at radius 3 is 2.11 bits per heavy atom. The molecule has 0 radical (unpaired) electrons. The summed E-state index contributed by atoms with van der Waals surface area (Å²) in [6.07, 6.45) is 16.4. The number of halogens is 3. The molecule has 0 N–H and O–H groups in total. The van der Waals surface area contributed by atoms with Crippen LogP contribution in [0, 0.1) is 35.3 Å². The molecule has 0 atom stereocenters. The van der Waals surface area contributed by atoms with Crippen molar-refractivity contribution in [2.45, 2.75) is 71.1 Å². The fourth-order valence-electron chi connectivity index (χ4n) is 6.24. The van der Waals surface area contributed by atoms with Crippen molar-refractivity contribution in [3.8, 4) is 16.9 Å². The Balaban J connectivity index is 1.23. The van der Waals surface area contributed by atoms with Crippen molar-refractivity contribution in [1.82, 2.24) is 0 Å². The molecule has 0 aromatic heterocycles. The Hall–Kier alpha value is -2.23. The standard InChI is InChI=1S/C31H39F3O/c1-2-35-29-20-19-28(30(33)31(29)34)27-17-11-24(12-18-27)6-5-23-9-15-26(16-10-23)25-13-7-22(8-14-25)4-3-21-32/h3-4,11-12,17-20,22-23,25-26H,2,5-10,13-16,21H2,1H3/b4-3+. The minimum atomic E-state index is -0.925. The van der Waals surface area contributed by atoms with Crippen LogP contribution in [0.4, 0.5) is 13.2 Å². The van der Waals surface area contributed by atoms with Crippen LogP contribution in [0.1, 0.15) is 70.3 Å². The van der Waals surface area contributed by atoms with Gasteiger partial charge in [0.2, 0.25) is 5.82 Å². The maximum absolute atomic E-state index is 14.5. The van der Waals surface area contributed by atoms with Crippen molar-refractivity contribution in [2.75, 3.05) is 13.3 Å². The summed E-state index contributed by atoms with van der Waals surface area (Å²) in [5, 5.41) is 0. The third kappa shape index (κ3) is 6.71. The molecule has 0 bridgehead atoms. The van der Waals surface area contributed by atoms with E-state index in [0.717, 1.165) is 24.2 Å². The van der Waals surface area contributed by atoms with Gasteiger partial charge in [-0.05, 0) is 105 Å². The monoisotopic (exact) mass is 484 g/mol. The SMILES string of the molecule is CCOc1ccc(-c2ccc(CCC3CCC(C4CCC(/C=C/CF)CC4)CC3)cc2)c(F)c1F. The van der Waals surface area contributed by atoms with Gasteiger partial charge in [-0.15, -0.1) is 0 Å². The van der Waals surface area contributed by atoms with Gasteiger partial charge in [0.25, 0.3) is 0 Å². The van der Waals surface area contributed by atoms with Gasteiger partial charge in [-0.1, -0.05) is 49.3 Å². The summed E-state index contributed by atoms with van der Waals surface area (Å²) in [6.45, 7) is 1.71. The van der Waals surface area contributed by atoms with E-state index < -0.39 is 11.6 Å². The average molecular weight is 485 g/mol. The molecule has 4 heteroatoms. The van der Waals surface area contributed by atoms with Gasteiger partial charge >= 0.3 is 0 Å². The fraction of sp³-hybridized carbons (Fsp3) is 0.548. The zero-order chi connectivity index (χ0) is 24.6. The van der Waals surface area contributed by atoms with Crippen molar-refractivity contribution >= 4 is 0 Å². The van der Waals surface area contributed by atoms with Crippen LogP contribution in [0.2, 0.25) is 0 Å². The second kappa shape index (κ2) is 12.6. The topological polar surface area (TPSA) is 9.23 Å². The minimum absolute atomic E-state index is 0.0430. The molecule has 0 heterocycles. The van der Waals surface area contributed by atoms with Crippen molar-refractivity contribution in [2.24, 2.45) is 23.7 Å². The summed E-state index contributed by atoms with van der Waals surface area (Å²) in [4.78, 5) is 0. The zero-order valence-electron chi connectivity index (χ0n) is 21.0. The maximum atomic E-state index is 14.5. The highest BCUT2D eigenvalue weighted by Gasteiger charge is 2.30. The Morgan fingerprint density at radius 2 is 1.49 bits per heavy atom. The minimum Gasteiger partial charge on any atom is -0.491 e. The van der Waals surface area contributed by atoms with Gasteiger partial charge in [0, 0.05) is 5.56 Å². The average Bonchev–Trinajstić information content (AvgIpc) is 2.90. The van der Waals surface area contributed by atoms with Gasteiger partial charge in [0.15, 0.2) is 11.6 Å². The van der Waals surface area contributed by atoms with Crippen LogP contribution < -0.4 is 4.74 Å². The first-order chi connectivity index (χ1) is 17.1. The smallest absolute Gasteiger partial charge is 0.201 e. The maximum Gasteiger partial charge on any atom is 0.201 e. The predicted octanol–water partition coefficient (Wildman–Crippen LogP) is 9.10. The molecule has 0 spiro atoms. The lowest BCUT2D eigenvalue weighted by Gasteiger charge is -2.37. The quantitative estimate of drug-likeness (QED) is 0.323. The molecule has 1 nitrogen and oxygen atoms in total. The number of rotatable bonds is 9. The molecule has 2 aliphatic carbocycles. The first-order valence-corrected chi connectivity index (χ1v) is 13.5. The molecular weight excluding hydrogens is 445 g/mol. The van der Waals surface area contributed by atoms with E-state index in [0.29, 0.717) is 18.1 Å². The fourth-order valence-corrected chi connectivity index (χ4v) is 6.24. The van der Waals surface area contributed by atoms with E-state index in [1.807, 2.05) is 24.3 Å². The summed E-state index contributed by atoms with van der Waals surface area (Å²) in [7, 11) is 0. The van der Waals surface area contributed by atoms with Gasteiger partial charge in [0.05, 0.1) is 6.61 Å². The molecule has 190 valence electrons. The molecule has 35 heavy (non-hydrogen) atoms. The lowest BCUT2D eigenvalue weighted by Crippen LogP contribution is -2.25. The third-order valence-corrected chi connectivity index (χ3v) is 8.32. The lowest BCUT2D eigenvalue weighted by molar-refractivity contribution is 0.152. The molecule has 2 aromatic rings. The summed E-state index contributed by atoms with van der Waals surface area (Å²) < 4.78 is 46.3. The van der Waals surface area contributed by atoms with Crippen molar-refractivity contribution in [3.05, 3.63) is 65.7 Å². The normalized spacial score (nSPS) is 25.1. The molecule has 4 rings (SSSR count). The van der Waals surface area contributed by atoms with Crippen LogP contribution in [0.3, 0.4) is 0 Å². The van der Waals surface area contributed by atoms with E-state index in [-0.39, 0.29) is 18.0 Å². The molecular formula is C31H39F3O. The van der Waals surface area contributed by atoms with Crippen LogP contribution in [0.15, 0.2) is 48.6 Å². The highest BCUT2D eigenvalue weighted by molar-refractivity contribution is 5.65. The van der Waals surface area contributed by atoms with Gasteiger partial charge in [-0.25, -0.2) is 8.78 Å². The van der Waals surface area contributed by atoms with Crippen LogP contribution >= 0.6 is 0 Å². The lowest BCUT2D eigenvalue weighted by atomic mass is 9.68. The number of alkyl halides is 1. The molecule has 0 aliphatic heterocycles. The summed E-state index contributed by atoms with van der Waals surface area (Å²) in [5.74, 6) is 1.30. The first kappa shape index (κ1) is 25.9. The van der Waals surface area contributed by atoms with Crippen LogP contribution in [-0.2, 0) is 6.42 Å². The highest BCUT2D eigenvalue weighted by atomic mass is 19.2. The van der Waals surface area contributed by atoms with Gasteiger partial charge in [-0.3, -0.25) is 0 Å². The molecule has 0 amide bonds. The Bertz CT molecular complexity index is 952.